The van der Waals surface area contributed by atoms with Crippen molar-refractivity contribution in [2.75, 3.05) is 19.7 Å². The van der Waals surface area contributed by atoms with Crippen molar-refractivity contribution in [2.45, 2.75) is 30.8 Å². The highest BCUT2D eigenvalue weighted by Crippen LogP contribution is 2.41. The molecule has 2 heterocycles. The Morgan fingerprint density at radius 1 is 1.12 bits per heavy atom. The fourth-order valence-corrected chi connectivity index (χ4v) is 3.01. The van der Waals surface area contributed by atoms with E-state index in [1.54, 1.807) is 0 Å². The molecule has 2 aliphatic rings. The second-order valence-electron chi connectivity index (χ2n) is 5.06. The lowest BCUT2D eigenvalue weighted by molar-refractivity contribution is -0.0193. The smallest absolute Gasteiger partial charge is 0.0713 e. The van der Waals surface area contributed by atoms with Crippen molar-refractivity contribution in [2.24, 2.45) is 0 Å². The van der Waals surface area contributed by atoms with Gasteiger partial charge in [0, 0.05) is 5.92 Å². The van der Waals surface area contributed by atoms with E-state index >= 15 is 0 Å². The van der Waals surface area contributed by atoms with E-state index in [9.17, 15) is 0 Å². The molecule has 1 atom stereocenters. The van der Waals surface area contributed by atoms with Gasteiger partial charge < -0.3 is 10.1 Å². The maximum atomic E-state index is 6.11. The lowest BCUT2D eigenvalue weighted by Gasteiger charge is -2.33. The van der Waals surface area contributed by atoms with Crippen molar-refractivity contribution in [3.8, 4) is 0 Å². The van der Waals surface area contributed by atoms with Gasteiger partial charge in [-0.1, -0.05) is 30.3 Å². The molecule has 0 amide bonds. The zero-order valence-corrected chi connectivity index (χ0v) is 10.8. The summed E-state index contributed by atoms with van der Waals surface area (Å²) >= 11 is 0. The topological polar surface area (TPSA) is 21.3 Å². The Morgan fingerprint density at radius 3 is 2.53 bits per heavy atom. The summed E-state index contributed by atoms with van der Waals surface area (Å²) in [5.41, 5.74) is 1.63. The molecule has 17 heavy (non-hydrogen) atoms. The summed E-state index contributed by atoms with van der Waals surface area (Å²) in [5.74, 6) is 0.610. The van der Waals surface area contributed by atoms with Crippen LogP contribution in [0.25, 0.3) is 0 Å². The molecule has 1 spiro atoms. The van der Waals surface area contributed by atoms with Crippen LogP contribution in [0.15, 0.2) is 30.3 Å². The average molecular weight is 254 g/mol. The van der Waals surface area contributed by atoms with Gasteiger partial charge in [0.2, 0.25) is 0 Å². The minimum atomic E-state index is 0. The first-order chi connectivity index (χ1) is 7.88. The van der Waals surface area contributed by atoms with Gasteiger partial charge in [-0.3, -0.25) is 0 Å². The summed E-state index contributed by atoms with van der Waals surface area (Å²) in [6.45, 7) is 3.13. The molecule has 1 unspecified atom stereocenters. The molecule has 3 heteroatoms. The molecule has 1 aromatic carbocycles. The lowest BCUT2D eigenvalue weighted by Crippen LogP contribution is -2.41. The second-order valence-corrected chi connectivity index (χ2v) is 5.06. The van der Waals surface area contributed by atoms with Gasteiger partial charge in [0.1, 0.15) is 0 Å². The van der Waals surface area contributed by atoms with Gasteiger partial charge in [-0.15, -0.1) is 12.4 Å². The van der Waals surface area contributed by atoms with Crippen LogP contribution in [-0.4, -0.2) is 25.3 Å². The van der Waals surface area contributed by atoms with Crippen molar-refractivity contribution in [3.05, 3.63) is 35.9 Å². The van der Waals surface area contributed by atoms with Crippen molar-refractivity contribution >= 4 is 12.4 Å². The summed E-state index contributed by atoms with van der Waals surface area (Å²) in [5, 5.41) is 3.41. The van der Waals surface area contributed by atoms with Crippen molar-refractivity contribution in [1.29, 1.82) is 0 Å². The first-order valence-electron chi connectivity index (χ1n) is 6.28. The minimum Gasteiger partial charge on any atom is -0.374 e. The van der Waals surface area contributed by atoms with Crippen LogP contribution in [0.1, 0.15) is 30.7 Å². The molecule has 94 valence electrons. The monoisotopic (exact) mass is 253 g/mol. The number of rotatable bonds is 1. The first-order valence-corrected chi connectivity index (χ1v) is 6.28. The van der Waals surface area contributed by atoms with E-state index in [0.717, 1.165) is 19.7 Å². The summed E-state index contributed by atoms with van der Waals surface area (Å²) in [6, 6.07) is 10.8. The predicted molar refractivity (Wildman–Crippen MR) is 71.8 cm³/mol. The van der Waals surface area contributed by atoms with E-state index in [-0.39, 0.29) is 18.0 Å². The Labute approximate surface area is 109 Å². The average Bonchev–Trinajstić information content (AvgIpc) is 2.75. The normalized spacial score (nSPS) is 26.7. The number of nitrogens with one attached hydrogen (secondary N) is 1. The number of benzene rings is 1. The third-order valence-corrected chi connectivity index (χ3v) is 3.99. The SMILES string of the molecule is Cl.c1ccc(C2COC3(CCNCC3)C2)cc1. The van der Waals surface area contributed by atoms with Crippen molar-refractivity contribution in [1.82, 2.24) is 5.32 Å². The summed E-state index contributed by atoms with van der Waals surface area (Å²) < 4.78 is 6.11. The minimum absolute atomic E-state index is 0. The number of hydrogen-bond donors (Lipinski definition) is 1. The van der Waals surface area contributed by atoms with Crippen molar-refractivity contribution < 1.29 is 4.74 Å². The molecular weight excluding hydrogens is 234 g/mol. The number of piperidine rings is 1. The molecule has 0 bridgehead atoms. The molecule has 2 saturated heterocycles. The molecule has 0 aromatic heterocycles. The van der Waals surface area contributed by atoms with Crippen LogP contribution in [0.4, 0.5) is 0 Å². The van der Waals surface area contributed by atoms with Crippen molar-refractivity contribution in [3.63, 3.8) is 0 Å². The van der Waals surface area contributed by atoms with E-state index < -0.39 is 0 Å². The van der Waals surface area contributed by atoms with Gasteiger partial charge in [0.15, 0.2) is 0 Å². The fraction of sp³-hybridized carbons (Fsp3) is 0.571. The van der Waals surface area contributed by atoms with E-state index in [4.69, 9.17) is 4.74 Å². The lowest BCUT2D eigenvalue weighted by atomic mass is 9.84. The zero-order chi connectivity index (χ0) is 10.8. The van der Waals surface area contributed by atoms with E-state index in [0.29, 0.717) is 5.92 Å². The Balaban J connectivity index is 0.00000108. The molecule has 0 saturated carbocycles. The molecule has 1 aromatic rings. The molecule has 0 aliphatic carbocycles. The van der Waals surface area contributed by atoms with Crippen LogP contribution < -0.4 is 5.32 Å². The van der Waals surface area contributed by atoms with Crippen LogP contribution in [0, 0.1) is 0 Å². The Morgan fingerprint density at radius 2 is 1.82 bits per heavy atom. The van der Waals surface area contributed by atoms with Gasteiger partial charge in [-0.2, -0.15) is 0 Å². The fourth-order valence-electron chi connectivity index (χ4n) is 3.01. The molecule has 2 aliphatic heterocycles. The first kappa shape index (κ1) is 12.9. The van der Waals surface area contributed by atoms with Crippen LogP contribution in [-0.2, 0) is 4.74 Å². The largest absolute Gasteiger partial charge is 0.374 e. The van der Waals surface area contributed by atoms with Crippen LogP contribution in [0.5, 0.6) is 0 Å². The van der Waals surface area contributed by atoms with E-state index in [1.165, 1.54) is 24.8 Å². The highest BCUT2D eigenvalue weighted by Gasteiger charge is 2.41. The molecule has 1 N–H and O–H groups in total. The molecule has 2 nitrogen and oxygen atoms in total. The zero-order valence-electron chi connectivity index (χ0n) is 10.0. The highest BCUT2D eigenvalue weighted by atomic mass is 35.5. The maximum Gasteiger partial charge on any atom is 0.0713 e. The van der Waals surface area contributed by atoms with Gasteiger partial charge in [-0.05, 0) is 37.9 Å². The molecular formula is C14H20ClNO. The summed E-state index contributed by atoms with van der Waals surface area (Å²) in [7, 11) is 0. The van der Waals surface area contributed by atoms with Gasteiger partial charge in [-0.25, -0.2) is 0 Å². The molecule has 2 fully saturated rings. The van der Waals surface area contributed by atoms with Gasteiger partial charge in [0.25, 0.3) is 0 Å². The number of hydrogen-bond acceptors (Lipinski definition) is 2. The van der Waals surface area contributed by atoms with Crippen LogP contribution >= 0.6 is 12.4 Å². The third-order valence-electron chi connectivity index (χ3n) is 3.99. The van der Waals surface area contributed by atoms with E-state index in [1.807, 2.05) is 0 Å². The standard InChI is InChI=1S/C14H19NO.ClH/c1-2-4-12(5-3-1)13-10-14(16-11-13)6-8-15-9-7-14;/h1-5,13,15H,6-11H2;1H. The number of halogens is 1. The Hall–Kier alpha value is -0.570. The van der Waals surface area contributed by atoms with E-state index in [2.05, 4.69) is 35.6 Å². The van der Waals surface area contributed by atoms with Crippen LogP contribution in [0.3, 0.4) is 0 Å². The quantitative estimate of drug-likeness (QED) is 0.831. The van der Waals surface area contributed by atoms with Gasteiger partial charge >= 0.3 is 0 Å². The summed E-state index contributed by atoms with van der Waals surface area (Å²) in [6.07, 6.45) is 3.56. The van der Waals surface area contributed by atoms with Gasteiger partial charge in [0.05, 0.1) is 12.2 Å². The number of ether oxygens (including phenoxy) is 1. The van der Waals surface area contributed by atoms with Crippen LogP contribution in [0.2, 0.25) is 0 Å². The third kappa shape index (κ3) is 2.65. The molecule has 0 radical (unpaired) electrons. The maximum absolute atomic E-state index is 6.11. The predicted octanol–water partition coefficient (Wildman–Crippen LogP) is 2.73. The molecule has 3 rings (SSSR count). The second kappa shape index (κ2) is 5.38. The highest BCUT2D eigenvalue weighted by molar-refractivity contribution is 5.85. The Kier molecular flexibility index (Phi) is 4.08. The summed E-state index contributed by atoms with van der Waals surface area (Å²) in [4.78, 5) is 0. The Bertz CT molecular complexity index is 348.